The molecule has 0 atom stereocenters. The van der Waals surface area contributed by atoms with Gasteiger partial charge in [-0.1, -0.05) is 98.5 Å². The highest BCUT2D eigenvalue weighted by molar-refractivity contribution is 5.55. The summed E-state index contributed by atoms with van der Waals surface area (Å²) in [5.74, 6) is 1.80. The molecule has 194 valence electrons. The molecule has 0 heterocycles. The third-order valence-corrected chi connectivity index (χ3v) is 6.89. The summed E-state index contributed by atoms with van der Waals surface area (Å²) in [5, 5.41) is 9.13. The first kappa shape index (κ1) is 29.1. The van der Waals surface area contributed by atoms with Crippen LogP contribution < -0.4 is 4.74 Å². The maximum atomic E-state index is 6.44. The van der Waals surface area contributed by atoms with Crippen molar-refractivity contribution in [2.45, 2.75) is 125 Å². The minimum Gasteiger partial charge on any atom is -0.493 e. The molecule has 0 unspecified atom stereocenters. The number of azo groups is 1. The van der Waals surface area contributed by atoms with Crippen molar-refractivity contribution in [3.05, 3.63) is 52.6 Å². The largest absolute Gasteiger partial charge is 0.493 e. The molecule has 3 nitrogen and oxygen atoms in total. The van der Waals surface area contributed by atoms with Crippen molar-refractivity contribution in [1.82, 2.24) is 0 Å². The van der Waals surface area contributed by atoms with E-state index >= 15 is 0 Å². The van der Waals surface area contributed by atoms with Gasteiger partial charge in [0.25, 0.3) is 0 Å². The molecule has 2 rings (SSSR count). The van der Waals surface area contributed by atoms with Gasteiger partial charge in [-0.3, -0.25) is 0 Å². The Labute approximate surface area is 215 Å². The van der Waals surface area contributed by atoms with Crippen LogP contribution in [0.5, 0.6) is 5.75 Å². The van der Waals surface area contributed by atoms with Gasteiger partial charge in [-0.05, 0) is 78.6 Å². The molecule has 2 aromatic rings. The Morgan fingerprint density at radius 2 is 1.14 bits per heavy atom. The number of nitrogens with zero attached hydrogens (tertiary/aromatic N) is 2. The van der Waals surface area contributed by atoms with Gasteiger partial charge in [0, 0.05) is 0 Å². The summed E-state index contributed by atoms with van der Waals surface area (Å²) in [6, 6.07) is 10.6. The highest BCUT2D eigenvalue weighted by Crippen LogP contribution is 2.39. The first-order valence-electron chi connectivity index (χ1n) is 14.1. The monoisotopic (exact) mass is 478 g/mol. The SMILES string of the molecule is CCCCCCCCCCCCOc1c(C(C)C)cc(N=Nc2ccc(C)c(C)c2)cc1C(C)C. The van der Waals surface area contributed by atoms with Crippen molar-refractivity contribution in [2.75, 3.05) is 6.61 Å². The van der Waals surface area contributed by atoms with Crippen LogP contribution in [0.25, 0.3) is 0 Å². The van der Waals surface area contributed by atoms with Gasteiger partial charge in [-0.2, -0.15) is 10.2 Å². The number of hydrogen-bond acceptors (Lipinski definition) is 3. The zero-order valence-corrected chi connectivity index (χ0v) is 23.6. The molecule has 0 radical (unpaired) electrons. The van der Waals surface area contributed by atoms with Crippen molar-refractivity contribution < 1.29 is 4.74 Å². The van der Waals surface area contributed by atoms with Crippen LogP contribution in [0.1, 0.15) is 133 Å². The van der Waals surface area contributed by atoms with Crippen LogP contribution in [0.15, 0.2) is 40.6 Å². The predicted molar refractivity (Wildman–Crippen MR) is 152 cm³/mol. The van der Waals surface area contributed by atoms with Crippen molar-refractivity contribution in [1.29, 1.82) is 0 Å². The molecule has 0 aliphatic rings. The van der Waals surface area contributed by atoms with Crippen LogP contribution in [0.2, 0.25) is 0 Å². The Kier molecular flexibility index (Phi) is 13.1. The van der Waals surface area contributed by atoms with Gasteiger partial charge in [-0.15, -0.1) is 0 Å². The molecule has 3 heteroatoms. The number of ether oxygens (including phenoxy) is 1. The molecule has 0 amide bonds. The van der Waals surface area contributed by atoms with Crippen LogP contribution in [-0.2, 0) is 0 Å². The van der Waals surface area contributed by atoms with Gasteiger partial charge in [0.1, 0.15) is 5.75 Å². The Morgan fingerprint density at radius 3 is 1.66 bits per heavy atom. The first-order valence-corrected chi connectivity index (χ1v) is 14.1. The fraction of sp³-hybridized carbons (Fsp3) is 0.625. The third kappa shape index (κ3) is 10.2. The van der Waals surface area contributed by atoms with Crippen LogP contribution in [-0.4, -0.2) is 6.61 Å². The summed E-state index contributed by atoms with van der Waals surface area (Å²) in [5.41, 5.74) is 6.78. The van der Waals surface area contributed by atoms with Crippen molar-refractivity contribution in [2.24, 2.45) is 10.2 Å². The van der Waals surface area contributed by atoms with Crippen molar-refractivity contribution in [3.8, 4) is 5.75 Å². The predicted octanol–water partition coefficient (Wildman–Crippen LogP) is 11.3. The Hall–Kier alpha value is -2.16. The fourth-order valence-corrected chi connectivity index (χ4v) is 4.41. The molecule has 0 saturated heterocycles. The van der Waals surface area contributed by atoms with E-state index in [1.165, 1.54) is 80.0 Å². The van der Waals surface area contributed by atoms with E-state index in [0.29, 0.717) is 11.8 Å². The second-order valence-electron chi connectivity index (χ2n) is 10.8. The molecule has 0 bridgehead atoms. The molecule has 0 fully saturated rings. The van der Waals surface area contributed by atoms with E-state index in [4.69, 9.17) is 4.74 Å². The van der Waals surface area contributed by atoms with Crippen LogP contribution in [0.3, 0.4) is 0 Å². The molecular formula is C32H50N2O. The molecule has 0 saturated carbocycles. The van der Waals surface area contributed by atoms with E-state index in [1.807, 2.05) is 6.07 Å². The van der Waals surface area contributed by atoms with E-state index in [2.05, 4.69) is 83.0 Å². The van der Waals surface area contributed by atoms with Crippen molar-refractivity contribution in [3.63, 3.8) is 0 Å². The summed E-state index contributed by atoms with van der Waals surface area (Å²) in [7, 11) is 0. The summed E-state index contributed by atoms with van der Waals surface area (Å²) in [6.07, 6.45) is 13.4. The van der Waals surface area contributed by atoms with E-state index in [1.54, 1.807) is 0 Å². The first-order chi connectivity index (χ1) is 16.8. The highest BCUT2D eigenvalue weighted by Gasteiger charge is 2.17. The molecule has 2 aromatic carbocycles. The maximum Gasteiger partial charge on any atom is 0.126 e. The van der Waals surface area contributed by atoms with Gasteiger partial charge in [0.05, 0.1) is 18.0 Å². The molecule has 0 aliphatic carbocycles. The molecule has 0 aromatic heterocycles. The lowest BCUT2D eigenvalue weighted by atomic mass is 9.93. The van der Waals surface area contributed by atoms with E-state index in [0.717, 1.165) is 30.2 Å². The lowest BCUT2D eigenvalue weighted by Crippen LogP contribution is -2.06. The number of aryl methyl sites for hydroxylation is 2. The fourth-order valence-electron chi connectivity index (χ4n) is 4.41. The zero-order valence-electron chi connectivity index (χ0n) is 23.6. The standard InChI is InChI=1S/C32H50N2O/c1-8-9-10-11-12-13-14-15-16-17-20-35-32-30(24(2)3)22-29(23-31(32)25(4)5)34-33-28-19-18-26(6)27(7)21-28/h18-19,21-25H,8-17,20H2,1-7H3. The minimum absolute atomic E-state index is 0.368. The summed E-state index contributed by atoms with van der Waals surface area (Å²) in [4.78, 5) is 0. The molecule has 0 aliphatic heterocycles. The second-order valence-corrected chi connectivity index (χ2v) is 10.8. The van der Waals surface area contributed by atoms with Crippen LogP contribution in [0, 0.1) is 13.8 Å². The summed E-state index contributed by atoms with van der Waals surface area (Å²) >= 11 is 0. The average Bonchev–Trinajstić information content (AvgIpc) is 2.83. The number of rotatable bonds is 16. The van der Waals surface area contributed by atoms with Gasteiger partial charge in [-0.25, -0.2) is 0 Å². The quantitative estimate of drug-likeness (QED) is 0.174. The molecular weight excluding hydrogens is 428 g/mol. The number of benzene rings is 2. The van der Waals surface area contributed by atoms with Gasteiger partial charge >= 0.3 is 0 Å². The Morgan fingerprint density at radius 1 is 0.629 bits per heavy atom. The van der Waals surface area contributed by atoms with Gasteiger partial charge in [0.2, 0.25) is 0 Å². The van der Waals surface area contributed by atoms with Crippen LogP contribution in [0.4, 0.5) is 11.4 Å². The van der Waals surface area contributed by atoms with E-state index in [9.17, 15) is 0 Å². The molecule has 0 N–H and O–H groups in total. The second kappa shape index (κ2) is 15.8. The van der Waals surface area contributed by atoms with E-state index in [-0.39, 0.29) is 0 Å². The topological polar surface area (TPSA) is 34.0 Å². The summed E-state index contributed by atoms with van der Waals surface area (Å²) < 4.78 is 6.44. The lowest BCUT2D eigenvalue weighted by molar-refractivity contribution is 0.296. The lowest BCUT2D eigenvalue weighted by Gasteiger charge is -2.21. The minimum atomic E-state index is 0.368. The zero-order chi connectivity index (χ0) is 25.6. The van der Waals surface area contributed by atoms with Gasteiger partial charge < -0.3 is 4.74 Å². The van der Waals surface area contributed by atoms with Crippen molar-refractivity contribution >= 4 is 11.4 Å². The molecule has 35 heavy (non-hydrogen) atoms. The summed E-state index contributed by atoms with van der Waals surface area (Å²) in [6.45, 7) is 16.2. The van der Waals surface area contributed by atoms with Crippen LogP contribution >= 0.6 is 0 Å². The highest BCUT2D eigenvalue weighted by atomic mass is 16.5. The Bertz CT molecular complexity index is 885. The smallest absolute Gasteiger partial charge is 0.126 e. The number of hydrogen-bond donors (Lipinski definition) is 0. The number of unbranched alkanes of at least 4 members (excludes halogenated alkanes) is 9. The normalized spacial score (nSPS) is 11.8. The Balaban J connectivity index is 1.97. The van der Waals surface area contributed by atoms with Gasteiger partial charge in [0.15, 0.2) is 0 Å². The van der Waals surface area contributed by atoms with E-state index < -0.39 is 0 Å². The average molecular weight is 479 g/mol. The maximum absolute atomic E-state index is 6.44. The molecule has 0 spiro atoms. The third-order valence-electron chi connectivity index (χ3n) is 6.89.